The van der Waals surface area contributed by atoms with Crippen LogP contribution < -0.4 is 4.48 Å². The van der Waals surface area contributed by atoms with Gasteiger partial charge in [-0.15, -0.1) is 0 Å². The van der Waals surface area contributed by atoms with Crippen molar-refractivity contribution in [3.05, 3.63) is 70.3 Å². The molecule has 0 aliphatic heterocycles. The second-order valence-electron chi connectivity index (χ2n) is 11.3. The molecule has 1 heterocycles. The number of benzene rings is 2. The molecule has 0 saturated heterocycles. The first kappa shape index (κ1) is 30.3. The number of hydrogen-bond acceptors (Lipinski definition) is 5. The third-order valence-corrected chi connectivity index (χ3v) is 7.66. The molecule has 7 nitrogen and oxygen atoms in total. The highest BCUT2D eigenvalue weighted by Crippen LogP contribution is 2.41. The van der Waals surface area contributed by atoms with Crippen LogP contribution in [0, 0.1) is 12.8 Å². The molecule has 3 aromatic rings. The van der Waals surface area contributed by atoms with Crippen LogP contribution in [0.1, 0.15) is 60.9 Å². The molecule has 212 valence electrons. The van der Waals surface area contributed by atoms with E-state index in [4.69, 9.17) is 4.74 Å². The third kappa shape index (κ3) is 6.65. The summed E-state index contributed by atoms with van der Waals surface area (Å²) in [5.41, 5.74) is 6.19. The van der Waals surface area contributed by atoms with Crippen molar-refractivity contribution in [2.45, 2.75) is 59.3 Å². The molecule has 0 bridgehead atoms. The standard InChI is InChI=1S/C32H44N2O5/c1-8-23-11-10-12-24(9-2)29(23)33-30(36)22(4)28(31(33)37)20-26(32(38)39-18-17-35)19-21(3)25-13-15-27(16-14-25)34(5,6)7/h10-16,21,26,35H,8-9,17-20H2,1-7H3,(H-,36,37)/p+1. The van der Waals surface area contributed by atoms with E-state index < -0.39 is 11.9 Å². The van der Waals surface area contributed by atoms with Crippen molar-refractivity contribution in [2.24, 2.45) is 5.92 Å². The molecule has 0 amide bonds. The summed E-state index contributed by atoms with van der Waals surface area (Å²) in [5, 5.41) is 31.9. The number of para-hydroxylation sites is 1. The van der Waals surface area contributed by atoms with E-state index in [9.17, 15) is 20.1 Å². The normalized spacial score (nSPS) is 13.3. The number of aromatic hydroxyl groups is 2. The number of ether oxygens (including phenoxy) is 1. The lowest BCUT2D eigenvalue weighted by Gasteiger charge is -2.24. The topological polar surface area (TPSA) is 91.9 Å². The number of carbonyl (C=O) groups excluding carboxylic acids is 1. The predicted octanol–water partition coefficient (Wildman–Crippen LogP) is 5.41. The molecule has 3 rings (SSSR count). The zero-order chi connectivity index (χ0) is 28.9. The number of hydrogen-bond donors (Lipinski definition) is 3. The maximum Gasteiger partial charge on any atom is 0.309 e. The lowest BCUT2D eigenvalue weighted by molar-refractivity contribution is -0.149. The highest BCUT2D eigenvalue weighted by atomic mass is 16.5. The summed E-state index contributed by atoms with van der Waals surface area (Å²) in [6.45, 7) is 7.60. The first-order chi connectivity index (χ1) is 18.4. The van der Waals surface area contributed by atoms with Gasteiger partial charge < -0.3 is 20.1 Å². The molecule has 39 heavy (non-hydrogen) atoms. The fourth-order valence-corrected chi connectivity index (χ4v) is 5.25. The molecule has 1 aromatic heterocycles. The zero-order valence-electron chi connectivity index (χ0n) is 24.5. The van der Waals surface area contributed by atoms with Crippen LogP contribution >= 0.6 is 0 Å². The third-order valence-electron chi connectivity index (χ3n) is 7.66. The van der Waals surface area contributed by atoms with E-state index >= 15 is 0 Å². The van der Waals surface area contributed by atoms with Gasteiger partial charge in [0.15, 0.2) is 0 Å². The van der Waals surface area contributed by atoms with Crippen LogP contribution in [-0.2, 0) is 28.8 Å². The number of aliphatic hydroxyl groups is 1. The fourth-order valence-electron chi connectivity index (χ4n) is 5.25. The van der Waals surface area contributed by atoms with Gasteiger partial charge in [0.05, 0.1) is 39.4 Å². The van der Waals surface area contributed by atoms with Gasteiger partial charge in [-0.1, -0.05) is 51.1 Å². The molecule has 0 aliphatic rings. The Balaban J connectivity index is 1.99. The monoisotopic (exact) mass is 537 g/mol. The van der Waals surface area contributed by atoms with E-state index in [1.807, 2.05) is 32.0 Å². The Bertz CT molecular complexity index is 1250. The van der Waals surface area contributed by atoms with Crippen LogP contribution in [0.2, 0.25) is 0 Å². The fraction of sp³-hybridized carbons (Fsp3) is 0.469. The Hall–Kier alpha value is -3.29. The van der Waals surface area contributed by atoms with Gasteiger partial charge in [-0.25, -0.2) is 0 Å². The molecule has 2 aromatic carbocycles. The van der Waals surface area contributed by atoms with Gasteiger partial charge in [0.2, 0.25) is 11.8 Å². The largest absolute Gasteiger partial charge is 0.494 e. The molecule has 3 N–H and O–H groups in total. The molecular weight excluding hydrogens is 492 g/mol. The number of rotatable bonds is 12. The number of aryl methyl sites for hydroxylation is 2. The summed E-state index contributed by atoms with van der Waals surface area (Å²) in [6, 6.07) is 14.4. The highest BCUT2D eigenvalue weighted by molar-refractivity contribution is 5.73. The second-order valence-corrected chi connectivity index (χ2v) is 11.3. The SMILES string of the molecule is CCc1cccc(CC)c1-n1c(O)c(C)c(CC(CC(C)c2ccc([N+](C)(C)C)cc2)C(=O)OCCO)c1O. The van der Waals surface area contributed by atoms with Gasteiger partial charge >= 0.3 is 5.97 Å². The summed E-state index contributed by atoms with van der Waals surface area (Å²) >= 11 is 0. The molecular formula is C32H45N2O5+. The van der Waals surface area contributed by atoms with Crippen molar-refractivity contribution in [3.63, 3.8) is 0 Å². The van der Waals surface area contributed by atoms with Gasteiger partial charge in [0.25, 0.3) is 0 Å². The number of carbonyl (C=O) groups is 1. The molecule has 0 aliphatic carbocycles. The Morgan fingerprint density at radius 1 is 0.974 bits per heavy atom. The minimum Gasteiger partial charge on any atom is -0.494 e. The maximum atomic E-state index is 13.2. The second kappa shape index (κ2) is 12.7. The smallest absolute Gasteiger partial charge is 0.309 e. The van der Waals surface area contributed by atoms with Crippen molar-refractivity contribution in [2.75, 3.05) is 34.4 Å². The van der Waals surface area contributed by atoms with Crippen molar-refractivity contribution >= 4 is 11.7 Å². The lowest BCUT2D eigenvalue weighted by atomic mass is 9.86. The van der Waals surface area contributed by atoms with Gasteiger partial charge in [-0.2, -0.15) is 0 Å². The van der Waals surface area contributed by atoms with Gasteiger partial charge in [-0.05, 0) is 67.3 Å². The molecule has 7 heteroatoms. The quantitative estimate of drug-likeness (QED) is 0.212. The van der Waals surface area contributed by atoms with Crippen molar-refractivity contribution in [3.8, 4) is 17.4 Å². The summed E-state index contributed by atoms with van der Waals surface area (Å²) in [4.78, 5) is 13.2. The predicted molar refractivity (Wildman–Crippen MR) is 157 cm³/mol. The van der Waals surface area contributed by atoms with E-state index in [1.165, 1.54) is 10.3 Å². The van der Waals surface area contributed by atoms with Crippen LogP contribution in [0.4, 0.5) is 5.69 Å². The van der Waals surface area contributed by atoms with Crippen molar-refractivity contribution in [1.29, 1.82) is 0 Å². The van der Waals surface area contributed by atoms with E-state index in [1.54, 1.807) is 6.92 Å². The summed E-state index contributed by atoms with van der Waals surface area (Å²) < 4.78 is 7.59. The van der Waals surface area contributed by atoms with E-state index in [-0.39, 0.29) is 37.3 Å². The molecule has 2 atom stereocenters. The first-order valence-electron chi connectivity index (χ1n) is 13.9. The molecule has 0 radical (unpaired) electrons. The number of nitrogens with zero attached hydrogens (tertiary/aromatic N) is 2. The Morgan fingerprint density at radius 3 is 2.08 bits per heavy atom. The Labute approximate surface area is 232 Å². The highest BCUT2D eigenvalue weighted by Gasteiger charge is 2.30. The van der Waals surface area contributed by atoms with Gasteiger partial charge in [0, 0.05) is 11.1 Å². The Morgan fingerprint density at radius 2 is 1.56 bits per heavy atom. The molecule has 2 unspecified atom stereocenters. The van der Waals surface area contributed by atoms with Crippen molar-refractivity contribution in [1.82, 2.24) is 9.05 Å². The number of esters is 1. The average Bonchev–Trinajstić information content (AvgIpc) is 3.12. The Kier molecular flexibility index (Phi) is 9.86. The zero-order valence-corrected chi connectivity index (χ0v) is 24.5. The minimum absolute atomic E-state index is 0.0236. The van der Waals surface area contributed by atoms with Crippen LogP contribution in [0.3, 0.4) is 0 Å². The average molecular weight is 538 g/mol. The van der Waals surface area contributed by atoms with Crippen LogP contribution in [-0.4, -0.2) is 60.2 Å². The van der Waals surface area contributed by atoms with Crippen LogP contribution in [0.15, 0.2) is 42.5 Å². The van der Waals surface area contributed by atoms with Crippen molar-refractivity contribution < 1.29 is 24.9 Å². The van der Waals surface area contributed by atoms with E-state index in [0.717, 1.165) is 35.2 Å². The summed E-state index contributed by atoms with van der Waals surface area (Å²) in [7, 11) is 6.35. The first-order valence-corrected chi connectivity index (χ1v) is 13.9. The molecule has 0 spiro atoms. The minimum atomic E-state index is -0.573. The lowest BCUT2D eigenvalue weighted by Crippen LogP contribution is -2.34. The molecule has 0 saturated carbocycles. The summed E-state index contributed by atoms with van der Waals surface area (Å²) in [5.74, 6) is -1.03. The number of aliphatic hydroxyl groups excluding tert-OH is 1. The van der Waals surface area contributed by atoms with E-state index in [0.29, 0.717) is 22.0 Å². The van der Waals surface area contributed by atoms with Gasteiger partial charge in [0.1, 0.15) is 12.3 Å². The number of aromatic nitrogens is 1. The van der Waals surface area contributed by atoms with Crippen LogP contribution in [0.5, 0.6) is 11.8 Å². The summed E-state index contributed by atoms with van der Waals surface area (Å²) in [6.07, 6.45) is 2.19. The number of quaternary nitrogens is 1. The van der Waals surface area contributed by atoms with Crippen LogP contribution in [0.25, 0.3) is 5.69 Å². The van der Waals surface area contributed by atoms with Gasteiger partial charge in [-0.3, -0.25) is 13.8 Å². The maximum absolute atomic E-state index is 13.2. The molecule has 0 fully saturated rings. The van der Waals surface area contributed by atoms with E-state index in [2.05, 4.69) is 52.3 Å².